The number of rotatable bonds is 3. The summed E-state index contributed by atoms with van der Waals surface area (Å²) in [6.07, 6.45) is 3.50. The molecular weight excluding hydrogens is 360 g/mol. The molecule has 0 saturated carbocycles. The molecule has 0 saturated heterocycles. The maximum Gasteiger partial charge on any atom is 0.288 e. The number of benzene rings is 2. The van der Waals surface area contributed by atoms with Gasteiger partial charge in [0.05, 0.1) is 11.4 Å². The lowest BCUT2D eigenvalue weighted by Gasteiger charge is -2.04. The number of nitrogens with zero attached hydrogens (tertiary/aromatic N) is 6. The van der Waals surface area contributed by atoms with Gasteiger partial charge in [-0.25, -0.2) is 4.68 Å². The van der Waals surface area contributed by atoms with Gasteiger partial charge in [-0.15, -0.1) is 11.8 Å². The summed E-state index contributed by atoms with van der Waals surface area (Å²) in [6, 6.07) is 19.4. The fraction of sp³-hybridized carbons (Fsp3) is 0.0526. The van der Waals surface area contributed by atoms with Crippen molar-refractivity contribution in [2.45, 2.75) is 5.03 Å². The van der Waals surface area contributed by atoms with Crippen molar-refractivity contribution in [2.24, 2.45) is 0 Å². The lowest BCUT2D eigenvalue weighted by atomic mass is 10.3. The largest absolute Gasteiger partial charge is 0.288 e. The Bertz CT molecular complexity index is 1320. The first kappa shape index (κ1) is 15.8. The van der Waals surface area contributed by atoms with E-state index in [0.717, 1.165) is 11.4 Å². The Kier molecular flexibility index (Phi) is 3.58. The molecule has 0 N–H and O–H groups in total. The SMILES string of the molecule is CSc1nn(-c2ccccc2)c2nc3n(-c4ccccc4)cnn3c(=O)c12. The molecule has 0 spiro atoms. The van der Waals surface area contributed by atoms with E-state index in [1.807, 2.05) is 66.9 Å². The molecule has 27 heavy (non-hydrogen) atoms. The Hall–Kier alpha value is -3.39. The molecule has 7 nitrogen and oxygen atoms in total. The molecule has 3 heterocycles. The van der Waals surface area contributed by atoms with E-state index in [4.69, 9.17) is 4.98 Å². The van der Waals surface area contributed by atoms with Gasteiger partial charge >= 0.3 is 0 Å². The Balaban J connectivity index is 1.89. The first-order valence-corrected chi connectivity index (χ1v) is 9.54. The van der Waals surface area contributed by atoms with Gasteiger partial charge in [-0.3, -0.25) is 9.36 Å². The number of hydrogen-bond acceptors (Lipinski definition) is 5. The van der Waals surface area contributed by atoms with Crippen LogP contribution in [0.25, 0.3) is 28.2 Å². The van der Waals surface area contributed by atoms with Crippen LogP contribution in [0.5, 0.6) is 0 Å². The lowest BCUT2D eigenvalue weighted by Crippen LogP contribution is -2.16. The van der Waals surface area contributed by atoms with Crippen molar-refractivity contribution in [3.8, 4) is 11.4 Å². The molecule has 0 aliphatic heterocycles. The number of para-hydroxylation sites is 2. The summed E-state index contributed by atoms with van der Waals surface area (Å²) in [7, 11) is 0. The summed E-state index contributed by atoms with van der Waals surface area (Å²) < 4.78 is 4.83. The van der Waals surface area contributed by atoms with Gasteiger partial charge in [0.1, 0.15) is 16.7 Å². The highest BCUT2D eigenvalue weighted by Crippen LogP contribution is 2.25. The van der Waals surface area contributed by atoms with Crippen molar-refractivity contribution in [3.05, 3.63) is 77.3 Å². The zero-order valence-corrected chi connectivity index (χ0v) is 15.2. The third kappa shape index (κ3) is 2.37. The highest BCUT2D eigenvalue weighted by atomic mass is 32.2. The van der Waals surface area contributed by atoms with Gasteiger partial charge in [0, 0.05) is 0 Å². The van der Waals surface area contributed by atoms with Crippen molar-refractivity contribution in [1.82, 2.24) is 28.9 Å². The van der Waals surface area contributed by atoms with Crippen molar-refractivity contribution in [1.29, 1.82) is 0 Å². The van der Waals surface area contributed by atoms with Crippen LogP contribution in [-0.2, 0) is 0 Å². The van der Waals surface area contributed by atoms with Gasteiger partial charge in [-0.1, -0.05) is 36.4 Å². The second kappa shape index (κ2) is 6.10. The van der Waals surface area contributed by atoms with E-state index in [1.165, 1.54) is 16.3 Å². The molecule has 2 aromatic carbocycles. The second-order valence-corrected chi connectivity index (χ2v) is 6.72. The maximum atomic E-state index is 13.1. The number of aromatic nitrogens is 6. The topological polar surface area (TPSA) is 70.0 Å². The van der Waals surface area contributed by atoms with Crippen LogP contribution >= 0.6 is 11.8 Å². The normalized spacial score (nSPS) is 11.4. The van der Waals surface area contributed by atoms with Gasteiger partial charge < -0.3 is 0 Å². The van der Waals surface area contributed by atoms with Crippen LogP contribution in [0.1, 0.15) is 0 Å². The number of hydrogen-bond donors (Lipinski definition) is 0. The molecule has 0 bridgehead atoms. The van der Waals surface area contributed by atoms with Crippen LogP contribution in [0.3, 0.4) is 0 Å². The summed E-state index contributed by atoms with van der Waals surface area (Å²) >= 11 is 1.42. The molecule has 0 atom stereocenters. The number of thioether (sulfide) groups is 1. The van der Waals surface area contributed by atoms with Crippen molar-refractivity contribution in [3.63, 3.8) is 0 Å². The highest BCUT2D eigenvalue weighted by molar-refractivity contribution is 7.98. The van der Waals surface area contributed by atoms with Crippen LogP contribution < -0.4 is 5.56 Å². The molecular formula is C19H14N6OS. The Morgan fingerprint density at radius 1 is 0.926 bits per heavy atom. The third-order valence-electron chi connectivity index (χ3n) is 4.36. The molecule has 5 rings (SSSR count). The second-order valence-electron chi connectivity index (χ2n) is 5.92. The van der Waals surface area contributed by atoms with E-state index < -0.39 is 0 Å². The molecule has 0 fully saturated rings. The summed E-state index contributed by atoms with van der Waals surface area (Å²) in [4.78, 5) is 17.9. The predicted octanol–water partition coefficient (Wildman–Crippen LogP) is 2.94. The van der Waals surface area contributed by atoms with E-state index in [0.29, 0.717) is 21.8 Å². The molecule has 0 aliphatic carbocycles. The molecule has 132 valence electrons. The number of fused-ring (bicyclic) bond motifs is 2. The van der Waals surface area contributed by atoms with E-state index >= 15 is 0 Å². The van der Waals surface area contributed by atoms with Crippen molar-refractivity contribution < 1.29 is 0 Å². The van der Waals surface area contributed by atoms with E-state index in [1.54, 1.807) is 15.6 Å². The molecule has 5 aromatic rings. The minimum atomic E-state index is -0.226. The van der Waals surface area contributed by atoms with E-state index in [9.17, 15) is 4.79 Å². The van der Waals surface area contributed by atoms with Crippen molar-refractivity contribution >= 4 is 28.6 Å². The van der Waals surface area contributed by atoms with Crippen LogP contribution in [0.2, 0.25) is 0 Å². The zero-order chi connectivity index (χ0) is 18.4. The summed E-state index contributed by atoms with van der Waals surface area (Å²) in [5.74, 6) is 0.448. The smallest absolute Gasteiger partial charge is 0.267 e. The summed E-state index contributed by atoms with van der Waals surface area (Å²) in [5, 5.41) is 9.98. The zero-order valence-electron chi connectivity index (χ0n) is 14.4. The van der Waals surface area contributed by atoms with Gasteiger partial charge in [0.25, 0.3) is 5.56 Å². The van der Waals surface area contributed by atoms with Gasteiger partial charge in [0.2, 0.25) is 5.78 Å². The van der Waals surface area contributed by atoms with Gasteiger partial charge in [-0.05, 0) is 30.5 Å². The Morgan fingerprint density at radius 2 is 1.59 bits per heavy atom. The molecule has 0 unspecified atom stereocenters. The summed E-state index contributed by atoms with van der Waals surface area (Å²) in [5.41, 5.74) is 2.03. The molecule has 0 amide bonds. The van der Waals surface area contributed by atoms with Gasteiger partial charge in [0.15, 0.2) is 5.65 Å². The quantitative estimate of drug-likeness (QED) is 0.454. The first-order valence-electron chi connectivity index (χ1n) is 8.32. The predicted molar refractivity (Wildman–Crippen MR) is 105 cm³/mol. The fourth-order valence-corrected chi connectivity index (χ4v) is 3.64. The highest BCUT2D eigenvalue weighted by Gasteiger charge is 2.20. The minimum Gasteiger partial charge on any atom is -0.267 e. The fourth-order valence-electron chi connectivity index (χ4n) is 3.10. The van der Waals surface area contributed by atoms with Crippen LogP contribution in [0.4, 0.5) is 0 Å². The van der Waals surface area contributed by atoms with Crippen LogP contribution in [-0.4, -0.2) is 35.2 Å². The first-order chi connectivity index (χ1) is 13.3. The molecule has 8 heteroatoms. The van der Waals surface area contributed by atoms with Crippen molar-refractivity contribution in [2.75, 3.05) is 6.26 Å². The molecule has 3 aromatic heterocycles. The Morgan fingerprint density at radius 3 is 2.26 bits per heavy atom. The van der Waals surface area contributed by atoms with E-state index in [-0.39, 0.29) is 5.56 Å². The van der Waals surface area contributed by atoms with E-state index in [2.05, 4.69) is 10.2 Å². The lowest BCUT2D eigenvalue weighted by molar-refractivity contribution is 0.851. The monoisotopic (exact) mass is 374 g/mol. The van der Waals surface area contributed by atoms with Gasteiger partial charge in [-0.2, -0.15) is 19.7 Å². The molecule has 0 aliphatic rings. The van der Waals surface area contributed by atoms with Crippen LogP contribution in [0.15, 0.2) is 76.8 Å². The maximum absolute atomic E-state index is 13.1. The average molecular weight is 374 g/mol. The third-order valence-corrected chi connectivity index (χ3v) is 5.03. The minimum absolute atomic E-state index is 0.226. The Labute approximate surface area is 157 Å². The van der Waals surface area contributed by atoms with Crippen LogP contribution in [0, 0.1) is 0 Å². The average Bonchev–Trinajstić information content (AvgIpc) is 3.31. The molecule has 0 radical (unpaired) electrons. The standard InChI is InChI=1S/C19H14N6OS/c1-27-17-15-16(24(22-17)14-10-6-3-7-11-14)21-19-23(12-20-25(19)18(15)26)13-8-4-2-5-9-13/h2-12H,1H3. The summed E-state index contributed by atoms with van der Waals surface area (Å²) in [6.45, 7) is 0.